The second-order valence-electron chi connectivity index (χ2n) is 27.4. The molecule has 9 saturated carbocycles. The van der Waals surface area contributed by atoms with Crippen molar-refractivity contribution < 1.29 is 23.1 Å². The summed E-state index contributed by atoms with van der Waals surface area (Å²) in [6.45, 7) is 14.6. The standard InChI is InChI=1S/C22H40.C21H37.C15H28.C7H13.2HI.Li.3H2/c1-17-3-7-19(8-4-17)15-21-11-13-22(14-12-21)16-20-9-5-18(2)6-10-20;1-17-7-9-19(10-8-17)16-21-13-11-20(12-14-21)15-18-5-3-2-4-6-18;1-12-3-7-14(8-4-12)11-15-9-5-13(2)6-10-15;1-7-5-3-2-4-6-7;;;;;;/h17-22H,3-16H2,1-2H3;2,17-21H,3-16H2,1H3;12-15H,3-11H2,1-2H3;2,7H,3-6H2,1H3;2*1H;;3*1H/q;-1;;-1;;;+1;;;. The summed E-state index contributed by atoms with van der Waals surface area (Å²) in [6.07, 6.45) is 67.2. The molecule has 0 N–H and O–H groups in total. The minimum Gasteiger partial charge on any atom is -0.328 e. The summed E-state index contributed by atoms with van der Waals surface area (Å²) < 4.78 is 0. The van der Waals surface area contributed by atoms with Crippen LogP contribution >= 0.6 is 48.0 Å². The van der Waals surface area contributed by atoms with Gasteiger partial charge in [0.2, 0.25) is 0 Å². The van der Waals surface area contributed by atoms with Gasteiger partial charge in [-0.15, -0.1) is 48.0 Å². The zero-order valence-electron chi connectivity index (χ0n) is 47.2. The first-order valence-corrected chi connectivity index (χ1v) is 31.2. The fraction of sp³-hybridized carbons (Fsp3) is 0.969. The Morgan fingerprint density at radius 1 is 0.221 bits per heavy atom. The van der Waals surface area contributed by atoms with E-state index in [-0.39, 0.29) is 71.1 Å². The van der Waals surface area contributed by atoms with Gasteiger partial charge in [-0.2, -0.15) is 25.7 Å². The van der Waals surface area contributed by atoms with Gasteiger partial charge in [0.05, 0.1) is 0 Å². The Kier molecular flexibility index (Phi) is 35.0. The van der Waals surface area contributed by atoms with E-state index in [1.54, 1.807) is 122 Å². The third-order valence-corrected chi connectivity index (χ3v) is 21.2. The van der Waals surface area contributed by atoms with E-state index in [0.717, 1.165) is 94.7 Å². The molecule has 0 bridgehead atoms. The van der Waals surface area contributed by atoms with Crippen molar-refractivity contribution in [3.8, 4) is 0 Å². The Morgan fingerprint density at radius 2 is 0.353 bits per heavy atom. The van der Waals surface area contributed by atoms with Crippen LogP contribution in [0.5, 0.6) is 0 Å². The summed E-state index contributed by atoms with van der Waals surface area (Å²) in [6, 6.07) is 0. The SMILES string of the molecule is CC1CCC(CC2CCC(C)CC2)CC1.CC1CCC(CC2CCC(CC3CCC(C)CC3)CC2)CC1.CC1CCC(CC2CCC(CC3CC[CH-]CC3)CC2)CC1.CC1CC[CH-]CC1.I.I.[HH].[HH].[HH].[Li+]. The molecule has 0 nitrogen and oxygen atoms in total. The van der Waals surface area contributed by atoms with Crippen LogP contribution in [-0.2, 0) is 0 Å². The summed E-state index contributed by atoms with van der Waals surface area (Å²) in [5.74, 6) is 17.0. The minimum absolute atomic E-state index is 0. The van der Waals surface area contributed by atoms with Crippen LogP contribution in [0, 0.1) is 108 Å². The van der Waals surface area contributed by atoms with Gasteiger partial charge in [0.15, 0.2) is 0 Å². The zero-order valence-corrected chi connectivity index (χ0v) is 51.9. The van der Waals surface area contributed by atoms with Crippen molar-refractivity contribution in [3.63, 3.8) is 0 Å². The van der Waals surface area contributed by atoms with Gasteiger partial charge in [0.25, 0.3) is 0 Å². The van der Waals surface area contributed by atoms with Crippen LogP contribution in [0.1, 0.15) is 309 Å². The van der Waals surface area contributed by atoms with Gasteiger partial charge in [0.1, 0.15) is 0 Å². The fourth-order valence-electron chi connectivity index (χ4n) is 15.9. The maximum absolute atomic E-state index is 2.51. The van der Waals surface area contributed by atoms with E-state index in [0.29, 0.717) is 0 Å². The fourth-order valence-corrected chi connectivity index (χ4v) is 15.9. The number of hydrogen-bond donors (Lipinski definition) is 0. The first-order chi connectivity index (χ1) is 31.6. The summed E-state index contributed by atoms with van der Waals surface area (Å²) in [4.78, 5) is 0. The van der Waals surface area contributed by atoms with E-state index >= 15 is 0 Å². The number of hydrogen-bond acceptors (Lipinski definition) is 0. The molecule has 0 saturated heterocycles. The van der Waals surface area contributed by atoms with Gasteiger partial charge in [0, 0.05) is 4.28 Å². The molecular weight excluding hydrogens is 1040 g/mol. The average molecular weight is 1170 g/mol. The summed E-state index contributed by atoms with van der Waals surface area (Å²) in [5.41, 5.74) is 0. The van der Waals surface area contributed by atoms with Crippen molar-refractivity contribution in [1.82, 2.24) is 0 Å². The molecule has 0 aliphatic heterocycles. The third-order valence-electron chi connectivity index (χ3n) is 21.2. The second kappa shape index (κ2) is 36.9. The Hall–Kier alpha value is 2.06. The van der Waals surface area contributed by atoms with Gasteiger partial charge in [-0.1, -0.05) is 247 Å². The number of rotatable bonds is 10. The maximum Gasteiger partial charge on any atom is 1.00 e. The van der Waals surface area contributed by atoms with E-state index in [2.05, 4.69) is 54.4 Å². The van der Waals surface area contributed by atoms with E-state index in [1.165, 1.54) is 141 Å². The van der Waals surface area contributed by atoms with Crippen LogP contribution < -0.4 is 18.9 Å². The molecule has 0 heterocycles. The molecular formula is C65H126I2Li-. The van der Waals surface area contributed by atoms with Crippen molar-refractivity contribution in [1.29, 1.82) is 0 Å². The zero-order chi connectivity index (χ0) is 45.6. The number of halogens is 2. The summed E-state index contributed by atoms with van der Waals surface area (Å²) in [7, 11) is 0. The van der Waals surface area contributed by atoms with Crippen molar-refractivity contribution in [2.45, 2.75) is 305 Å². The molecule has 9 fully saturated rings. The molecule has 0 aromatic heterocycles. The van der Waals surface area contributed by atoms with Crippen molar-refractivity contribution in [2.24, 2.45) is 94.7 Å². The Morgan fingerprint density at radius 3 is 0.515 bits per heavy atom. The quantitative estimate of drug-likeness (QED) is 0.116. The molecule has 3 heteroatoms. The van der Waals surface area contributed by atoms with E-state index in [1.807, 2.05) is 0 Å². The van der Waals surface area contributed by atoms with Gasteiger partial charge >= 0.3 is 18.9 Å². The third kappa shape index (κ3) is 26.2. The molecule has 0 atom stereocenters. The largest absolute Gasteiger partial charge is 1.00 e. The molecule has 0 amide bonds. The van der Waals surface area contributed by atoms with E-state index in [9.17, 15) is 0 Å². The van der Waals surface area contributed by atoms with Gasteiger partial charge in [-0.05, 0) is 127 Å². The first-order valence-electron chi connectivity index (χ1n) is 31.2. The molecule has 0 radical (unpaired) electrons. The van der Waals surface area contributed by atoms with Crippen LogP contribution in [0.25, 0.3) is 0 Å². The Labute approximate surface area is 479 Å². The second-order valence-corrected chi connectivity index (χ2v) is 27.4. The van der Waals surface area contributed by atoms with E-state index in [4.69, 9.17) is 0 Å². The van der Waals surface area contributed by atoms with Crippen LogP contribution in [0.3, 0.4) is 0 Å². The van der Waals surface area contributed by atoms with Crippen molar-refractivity contribution >= 4 is 48.0 Å². The average Bonchev–Trinajstić information content (AvgIpc) is 3.33. The van der Waals surface area contributed by atoms with Crippen molar-refractivity contribution in [3.05, 3.63) is 12.8 Å². The van der Waals surface area contributed by atoms with Gasteiger partial charge in [-0.25, -0.2) is 0 Å². The Balaban J connectivity index is 0.000000941. The van der Waals surface area contributed by atoms with Gasteiger partial charge in [-0.3, -0.25) is 0 Å². The molecule has 9 rings (SSSR count). The monoisotopic (exact) mass is 1170 g/mol. The van der Waals surface area contributed by atoms with Gasteiger partial charge < -0.3 is 12.8 Å². The molecule has 9 aliphatic rings. The predicted octanol–water partition coefficient (Wildman–Crippen LogP) is 20.4. The van der Waals surface area contributed by atoms with Crippen LogP contribution in [0.2, 0.25) is 0 Å². The van der Waals surface area contributed by atoms with E-state index < -0.39 is 0 Å². The minimum atomic E-state index is 0. The molecule has 0 unspecified atom stereocenters. The molecule has 0 spiro atoms. The normalized spacial score (nSPS) is 38.4. The maximum atomic E-state index is 2.51. The first kappa shape index (κ1) is 64.3. The summed E-state index contributed by atoms with van der Waals surface area (Å²) >= 11 is 0. The van der Waals surface area contributed by atoms with Crippen LogP contribution in [0.4, 0.5) is 0 Å². The molecule has 0 aromatic carbocycles. The molecule has 68 heavy (non-hydrogen) atoms. The summed E-state index contributed by atoms with van der Waals surface area (Å²) in [5, 5.41) is 0. The molecule has 0 aromatic rings. The topological polar surface area (TPSA) is 0 Å². The van der Waals surface area contributed by atoms with Crippen LogP contribution in [-0.4, -0.2) is 0 Å². The van der Waals surface area contributed by atoms with Crippen LogP contribution in [0.15, 0.2) is 0 Å². The molecule has 402 valence electrons. The van der Waals surface area contributed by atoms with Crippen molar-refractivity contribution in [2.75, 3.05) is 0 Å². The molecule has 9 aliphatic carbocycles. The smallest absolute Gasteiger partial charge is 0.328 e. The predicted molar refractivity (Wildman–Crippen MR) is 325 cm³/mol. The Bertz CT molecular complexity index is 1100.